The van der Waals surface area contributed by atoms with Crippen molar-refractivity contribution in [1.29, 1.82) is 0 Å². The summed E-state index contributed by atoms with van der Waals surface area (Å²) < 4.78 is 38.0. The lowest BCUT2D eigenvalue weighted by atomic mass is 9.86. The normalized spacial score (nSPS) is 16.5. The topological polar surface area (TPSA) is 88.2 Å². The number of benzene rings is 1. The third kappa shape index (κ3) is 5.87. The maximum absolute atomic E-state index is 13.1. The van der Waals surface area contributed by atoms with E-state index in [-0.39, 0.29) is 41.9 Å². The van der Waals surface area contributed by atoms with Gasteiger partial charge in [-0.05, 0) is 29.0 Å². The molecule has 0 aliphatic carbocycles. The predicted molar refractivity (Wildman–Crippen MR) is 129 cm³/mol. The lowest BCUT2D eigenvalue weighted by molar-refractivity contribution is -0.131. The van der Waals surface area contributed by atoms with Crippen molar-refractivity contribution < 1.29 is 22.7 Å². The van der Waals surface area contributed by atoms with Crippen LogP contribution in [0.2, 0.25) is 0 Å². The number of ether oxygens (including phenoxy) is 2. The van der Waals surface area contributed by atoms with Crippen LogP contribution >= 0.6 is 11.3 Å². The molecule has 1 unspecified atom stereocenters. The van der Waals surface area contributed by atoms with E-state index in [1.54, 1.807) is 22.3 Å². The molecule has 1 aliphatic rings. The number of methoxy groups -OCH3 is 2. The van der Waals surface area contributed by atoms with Gasteiger partial charge >= 0.3 is 0 Å². The first kappa shape index (κ1) is 25.5. The molecule has 0 radical (unpaired) electrons. The molecule has 0 saturated carbocycles. The number of hydrogen-bond donors (Lipinski definition) is 1. The SMILES string of the molecule is COc1ccc(S(=O)(=O)N2CCN(C(=O)CNC(c3cccs3)C(C)(C)C)CC2)cc1OC. The van der Waals surface area contributed by atoms with Crippen LogP contribution in [0, 0.1) is 5.41 Å². The number of piperazine rings is 1. The van der Waals surface area contributed by atoms with E-state index in [9.17, 15) is 13.2 Å². The maximum Gasteiger partial charge on any atom is 0.243 e. The number of thiophene rings is 1. The Morgan fingerprint density at radius 3 is 2.30 bits per heavy atom. The van der Waals surface area contributed by atoms with Crippen molar-refractivity contribution in [2.45, 2.75) is 31.7 Å². The van der Waals surface area contributed by atoms with E-state index in [0.717, 1.165) is 0 Å². The van der Waals surface area contributed by atoms with Gasteiger partial charge in [-0.3, -0.25) is 4.79 Å². The van der Waals surface area contributed by atoms with E-state index in [1.165, 1.54) is 35.5 Å². The first-order valence-electron chi connectivity index (χ1n) is 10.8. The fourth-order valence-electron chi connectivity index (χ4n) is 3.89. The highest BCUT2D eigenvalue weighted by atomic mass is 32.2. The molecule has 33 heavy (non-hydrogen) atoms. The summed E-state index contributed by atoms with van der Waals surface area (Å²) in [5.41, 5.74) is -0.0443. The van der Waals surface area contributed by atoms with Crippen molar-refractivity contribution in [1.82, 2.24) is 14.5 Å². The van der Waals surface area contributed by atoms with Gasteiger partial charge in [0, 0.05) is 43.2 Å². The number of nitrogens with zero attached hydrogens (tertiary/aromatic N) is 2. The molecule has 1 N–H and O–H groups in total. The number of nitrogens with one attached hydrogen (secondary N) is 1. The van der Waals surface area contributed by atoms with Gasteiger partial charge in [0.15, 0.2) is 11.5 Å². The maximum atomic E-state index is 13.1. The van der Waals surface area contributed by atoms with Gasteiger partial charge in [0.2, 0.25) is 15.9 Å². The molecular formula is C23H33N3O5S2. The van der Waals surface area contributed by atoms with Gasteiger partial charge in [-0.25, -0.2) is 8.42 Å². The molecule has 0 spiro atoms. The van der Waals surface area contributed by atoms with Crippen molar-refractivity contribution in [2.24, 2.45) is 5.41 Å². The lowest BCUT2D eigenvalue weighted by Crippen LogP contribution is -2.52. The predicted octanol–water partition coefficient (Wildman–Crippen LogP) is 2.98. The second-order valence-corrected chi connectivity index (χ2v) is 11.9. The minimum atomic E-state index is -3.70. The standard InChI is InChI=1S/C23H33N3O5S2/c1-23(2,3)22(20-7-6-14-32-20)24-16-21(27)25-10-12-26(13-11-25)33(28,29)17-8-9-18(30-4)19(15-17)31-5/h6-9,14-15,22,24H,10-13,16H2,1-5H3. The highest BCUT2D eigenvalue weighted by Crippen LogP contribution is 2.35. The fraction of sp³-hybridized carbons (Fsp3) is 0.522. The number of carbonyl (C=O) groups excluding carboxylic acids is 1. The third-order valence-electron chi connectivity index (χ3n) is 5.74. The molecule has 0 bridgehead atoms. The Balaban J connectivity index is 1.60. The van der Waals surface area contributed by atoms with Crippen molar-refractivity contribution >= 4 is 27.3 Å². The first-order chi connectivity index (χ1) is 15.6. The molecule has 1 aliphatic heterocycles. The Labute approximate surface area is 200 Å². The monoisotopic (exact) mass is 495 g/mol. The second-order valence-electron chi connectivity index (χ2n) is 9.00. The largest absolute Gasteiger partial charge is 0.493 e. The third-order valence-corrected chi connectivity index (χ3v) is 8.57. The molecule has 8 nitrogen and oxygen atoms in total. The van der Waals surface area contributed by atoms with Gasteiger partial charge < -0.3 is 19.7 Å². The zero-order valence-electron chi connectivity index (χ0n) is 19.8. The molecule has 1 aromatic carbocycles. The first-order valence-corrected chi connectivity index (χ1v) is 13.2. The van der Waals surface area contributed by atoms with Crippen LogP contribution in [0.5, 0.6) is 11.5 Å². The molecule has 1 saturated heterocycles. The summed E-state index contributed by atoms with van der Waals surface area (Å²) in [7, 11) is -0.729. The summed E-state index contributed by atoms with van der Waals surface area (Å²) >= 11 is 1.67. The van der Waals surface area contributed by atoms with Crippen LogP contribution in [-0.4, -0.2) is 70.5 Å². The van der Waals surface area contributed by atoms with Gasteiger partial charge in [-0.1, -0.05) is 26.8 Å². The quantitative estimate of drug-likeness (QED) is 0.606. The van der Waals surface area contributed by atoms with Crippen LogP contribution < -0.4 is 14.8 Å². The van der Waals surface area contributed by atoms with E-state index >= 15 is 0 Å². The van der Waals surface area contributed by atoms with Gasteiger partial charge in [0.1, 0.15) is 0 Å². The Morgan fingerprint density at radius 1 is 1.09 bits per heavy atom. The molecule has 182 valence electrons. The highest BCUT2D eigenvalue weighted by molar-refractivity contribution is 7.89. The minimum Gasteiger partial charge on any atom is -0.493 e. The van der Waals surface area contributed by atoms with Crippen LogP contribution in [0.15, 0.2) is 40.6 Å². The molecular weight excluding hydrogens is 462 g/mol. The Morgan fingerprint density at radius 2 is 1.76 bits per heavy atom. The van der Waals surface area contributed by atoms with Crippen molar-refractivity contribution in [2.75, 3.05) is 46.9 Å². The minimum absolute atomic E-state index is 0.0241. The van der Waals surface area contributed by atoms with E-state index < -0.39 is 10.0 Å². The lowest BCUT2D eigenvalue weighted by Gasteiger charge is -2.35. The molecule has 1 atom stereocenters. The number of hydrogen-bond acceptors (Lipinski definition) is 7. The van der Waals surface area contributed by atoms with Crippen molar-refractivity contribution in [3.05, 3.63) is 40.6 Å². The molecule has 2 heterocycles. The van der Waals surface area contributed by atoms with E-state index in [2.05, 4.69) is 32.2 Å². The zero-order chi connectivity index (χ0) is 24.2. The van der Waals surface area contributed by atoms with Crippen LogP contribution in [0.25, 0.3) is 0 Å². The summed E-state index contributed by atoms with van der Waals surface area (Å²) in [5, 5.41) is 5.45. The van der Waals surface area contributed by atoms with Gasteiger partial charge in [0.05, 0.1) is 25.7 Å². The Bertz CT molecular complexity index is 1040. The summed E-state index contributed by atoms with van der Waals surface area (Å²) in [6.45, 7) is 7.85. The van der Waals surface area contributed by atoms with Gasteiger partial charge in [-0.15, -0.1) is 11.3 Å². The average Bonchev–Trinajstić information content (AvgIpc) is 3.32. The molecule has 2 aromatic rings. The molecule has 10 heteroatoms. The van der Waals surface area contributed by atoms with E-state index in [1.807, 2.05) is 11.4 Å². The van der Waals surface area contributed by atoms with Crippen molar-refractivity contribution in [3.8, 4) is 11.5 Å². The molecule has 3 rings (SSSR count). The molecule has 1 aromatic heterocycles. The van der Waals surface area contributed by atoms with E-state index in [0.29, 0.717) is 24.6 Å². The summed E-state index contributed by atoms with van der Waals surface area (Å²) in [6, 6.07) is 8.71. The van der Waals surface area contributed by atoms with Crippen LogP contribution in [0.1, 0.15) is 31.7 Å². The summed E-state index contributed by atoms with van der Waals surface area (Å²) in [5.74, 6) is 0.803. The van der Waals surface area contributed by atoms with E-state index in [4.69, 9.17) is 9.47 Å². The number of amides is 1. The average molecular weight is 496 g/mol. The second kappa shape index (κ2) is 10.4. The van der Waals surface area contributed by atoms with Gasteiger partial charge in [-0.2, -0.15) is 4.31 Å². The Kier molecular flexibility index (Phi) is 8.04. The number of sulfonamides is 1. The van der Waals surface area contributed by atoms with Gasteiger partial charge in [0.25, 0.3) is 0 Å². The summed E-state index contributed by atoms with van der Waals surface area (Å²) in [4.78, 5) is 15.9. The van der Waals surface area contributed by atoms with Crippen LogP contribution in [0.3, 0.4) is 0 Å². The number of carbonyl (C=O) groups is 1. The zero-order valence-corrected chi connectivity index (χ0v) is 21.5. The molecule has 1 amide bonds. The fourth-order valence-corrected chi connectivity index (χ4v) is 6.38. The van der Waals surface area contributed by atoms with Crippen LogP contribution in [-0.2, 0) is 14.8 Å². The van der Waals surface area contributed by atoms with Crippen LogP contribution in [0.4, 0.5) is 0 Å². The summed E-state index contributed by atoms with van der Waals surface area (Å²) in [6.07, 6.45) is 0. The Hall–Kier alpha value is -2.14. The smallest absolute Gasteiger partial charge is 0.243 e. The van der Waals surface area contributed by atoms with Crippen molar-refractivity contribution in [3.63, 3.8) is 0 Å². The highest BCUT2D eigenvalue weighted by Gasteiger charge is 2.32. The molecule has 1 fully saturated rings. The number of rotatable bonds is 8.